The molecule has 1 unspecified atom stereocenters. The topological polar surface area (TPSA) is 12.0 Å². The zero-order valence-corrected chi connectivity index (χ0v) is 8.98. The van der Waals surface area contributed by atoms with Gasteiger partial charge in [-0.1, -0.05) is 40.2 Å². The Kier molecular flexibility index (Phi) is 5.23. The third kappa shape index (κ3) is 4.55. The third-order valence-electron chi connectivity index (χ3n) is 2.23. The lowest BCUT2D eigenvalue weighted by molar-refractivity contribution is 0.347. The summed E-state index contributed by atoms with van der Waals surface area (Å²) >= 11 is 0. The van der Waals surface area contributed by atoms with Crippen LogP contribution in [-0.2, 0) is 0 Å². The molecule has 0 aliphatic carbocycles. The standard InChI is InChI=1S/C11H23N/c1-6-8-11(5,7-2)9-12-10(3)4/h7,10,12H,2,6,8-9H2,1,3-5H3. The Hall–Kier alpha value is -0.300. The van der Waals surface area contributed by atoms with Gasteiger partial charge in [-0.3, -0.25) is 0 Å². The van der Waals surface area contributed by atoms with Crippen molar-refractivity contribution in [1.29, 1.82) is 0 Å². The van der Waals surface area contributed by atoms with Crippen LogP contribution >= 0.6 is 0 Å². The zero-order valence-electron chi connectivity index (χ0n) is 8.98. The summed E-state index contributed by atoms with van der Waals surface area (Å²) in [5.41, 5.74) is 0.277. The molecular formula is C11H23N. The van der Waals surface area contributed by atoms with Crippen LogP contribution in [0.3, 0.4) is 0 Å². The third-order valence-corrected chi connectivity index (χ3v) is 2.23. The fourth-order valence-electron chi connectivity index (χ4n) is 1.27. The smallest absolute Gasteiger partial charge is 0.00421 e. The molecule has 1 heteroatoms. The normalized spacial score (nSPS) is 16.1. The van der Waals surface area contributed by atoms with Gasteiger partial charge in [0.15, 0.2) is 0 Å². The fraction of sp³-hybridized carbons (Fsp3) is 0.818. The first kappa shape index (κ1) is 11.7. The number of hydrogen-bond donors (Lipinski definition) is 1. The highest BCUT2D eigenvalue weighted by molar-refractivity contribution is 4.92. The van der Waals surface area contributed by atoms with E-state index in [0.717, 1.165) is 6.54 Å². The molecule has 0 bridgehead atoms. The Balaban J connectivity index is 3.87. The summed E-state index contributed by atoms with van der Waals surface area (Å²) in [6.45, 7) is 13.8. The van der Waals surface area contributed by atoms with E-state index in [1.165, 1.54) is 12.8 Å². The van der Waals surface area contributed by atoms with E-state index in [0.29, 0.717) is 6.04 Å². The molecule has 1 N–H and O–H groups in total. The van der Waals surface area contributed by atoms with E-state index < -0.39 is 0 Å². The van der Waals surface area contributed by atoms with Crippen LogP contribution in [0.25, 0.3) is 0 Å². The molecule has 0 fully saturated rings. The van der Waals surface area contributed by atoms with Crippen LogP contribution in [0.2, 0.25) is 0 Å². The van der Waals surface area contributed by atoms with Crippen molar-refractivity contribution in [3.63, 3.8) is 0 Å². The molecule has 0 aromatic heterocycles. The lowest BCUT2D eigenvalue weighted by atomic mass is 9.85. The summed E-state index contributed by atoms with van der Waals surface area (Å²) in [6, 6.07) is 0.570. The second-order valence-electron chi connectivity index (χ2n) is 4.14. The van der Waals surface area contributed by atoms with Crippen LogP contribution in [0.4, 0.5) is 0 Å². The minimum Gasteiger partial charge on any atom is -0.314 e. The van der Waals surface area contributed by atoms with E-state index in [1.54, 1.807) is 0 Å². The highest BCUT2D eigenvalue weighted by atomic mass is 14.9. The van der Waals surface area contributed by atoms with E-state index in [-0.39, 0.29) is 5.41 Å². The van der Waals surface area contributed by atoms with Gasteiger partial charge >= 0.3 is 0 Å². The Morgan fingerprint density at radius 3 is 2.42 bits per heavy atom. The Morgan fingerprint density at radius 1 is 1.50 bits per heavy atom. The van der Waals surface area contributed by atoms with Gasteiger partial charge < -0.3 is 5.32 Å². The van der Waals surface area contributed by atoms with Crippen molar-refractivity contribution in [1.82, 2.24) is 5.32 Å². The lowest BCUT2D eigenvalue weighted by Crippen LogP contribution is -2.34. The number of rotatable bonds is 6. The molecule has 12 heavy (non-hydrogen) atoms. The maximum Gasteiger partial charge on any atom is 0.00421 e. The summed E-state index contributed by atoms with van der Waals surface area (Å²) in [5.74, 6) is 0. The van der Waals surface area contributed by atoms with Gasteiger partial charge in [0.1, 0.15) is 0 Å². The summed E-state index contributed by atoms with van der Waals surface area (Å²) in [4.78, 5) is 0. The van der Waals surface area contributed by atoms with Gasteiger partial charge in [0.25, 0.3) is 0 Å². The first-order chi connectivity index (χ1) is 5.54. The van der Waals surface area contributed by atoms with E-state index in [4.69, 9.17) is 0 Å². The van der Waals surface area contributed by atoms with Crippen LogP contribution in [0.5, 0.6) is 0 Å². The Morgan fingerprint density at radius 2 is 2.08 bits per heavy atom. The molecule has 0 aliphatic rings. The van der Waals surface area contributed by atoms with E-state index in [9.17, 15) is 0 Å². The second-order valence-corrected chi connectivity index (χ2v) is 4.14. The summed E-state index contributed by atoms with van der Waals surface area (Å²) in [7, 11) is 0. The van der Waals surface area contributed by atoms with Crippen molar-refractivity contribution >= 4 is 0 Å². The highest BCUT2D eigenvalue weighted by Crippen LogP contribution is 2.23. The maximum atomic E-state index is 3.89. The first-order valence-corrected chi connectivity index (χ1v) is 4.91. The predicted octanol–water partition coefficient (Wildman–Crippen LogP) is 2.98. The van der Waals surface area contributed by atoms with Gasteiger partial charge in [0, 0.05) is 12.6 Å². The molecule has 0 spiro atoms. The quantitative estimate of drug-likeness (QED) is 0.603. The molecule has 0 radical (unpaired) electrons. The molecule has 1 nitrogen and oxygen atoms in total. The molecule has 0 rings (SSSR count). The highest BCUT2D eigenvalue weighted by Gasteiger charge is 2.18. The molecule has 0 amide bonds. The molecular weight excluding hydrogens is 146 g/mol. The SMILES string of the molecule is C=CC(C)(CCC)CNC(C)C. The van der Waals surface area contributed by atoms with Crippen molar-refractivity contribution in [3.8, 4) is 0 Å². The minimum absolute atomic E-state index is 0.277. The second kappa shape index (κ2) is 5.36. The average molecular weight is 169 g/mol. The lowest BCUT2D eigenvalue weighted by Gasteiger charge is -2.26. The molecule has 0 aliphatic heterocycles. The van der Waals surface area contributed by atoms with Crippen LogP contribution < -0.4 is 5.32 Å². The minimum atomic E-state index is 0.277. The molecule has 1 atom stereocenters. The van der Waals surface area contributed by atoms with E-state index >= 15 is 0 Å². The van der Waals surface area contributed by atoms with E-state index in [1.807, 2.05) is 0 Å². The van der Waals surface area contributed by atoms with Crippen molar-refractivity contribution in [2.45, 2.75) is 46.6 Å². The molecule has 72 valence electrons. The van der Waals surface area contributed by atoms with E-state index in [2.05, 4.69) is 45.7 Å². The van der Waals surface area contributed by atoms with Crippen molar-refractivity contribution in [2.24, 2.45) is 5.41 Å². The largest absolute Gasteiger partial charge is 0.314 e. The monoisotopic (exact) mass is 169 g/mol. The van der Waals surface area contributed by atoms with Gasteiger partial charge in [-0.05, 0) is 11.8 Å². The van der Waals surface area contributed by atoms with Crippen molar-refractivity contribution in [3.05, 3.63) is 12.7 Å². The first-order valence-electron chi connectivity index (χ1n) is 4.91. The van der Waals surface area contributed by atoms with Crippen LogP contribution in [0.1, 0.15) is 40.5 Å². The van der Waals surface area contributed by atoms with Gasteiger partial charge in [-0.15, -0.1) is 6.58 Å². The van der Waals surface area contributed by atoms with Crippen LogP contribution in [0.15, 0.2) is 12.7 Å². The summed E-state index contributed by atoms with van der Waals surface area (Å²) in [5, 5.41) is 3.45. The average Bonchev–Trinajstić information content (AvgIpc) is 2.02. The van der Waals surface area contributed by atoms with Gasteiger partial charge in [-0.2, -0.15) is 0 Å². The van der Waals surface area contributed by atoms with Crippen molar-refractivity contribution in [2.75, 3.05) is 6.54 Å². The van der Waals surface area contributed by atoms with Gasteiger partial charge in [-0.25, -0.2) is 0 Å². The fourth-order valence-corrected chi connectivity index (χ4v) is 1.27. The van der Waals surface area contributed by atoms with Gasteiger partial charge in [0.05, 0.1) is 0 Å². The predicted molar refractivity (Wildman–Crippen MR) is 56.4 cm³/mol. The van der Waals surface area contributed by atoms with Gasteiger partial charge in [0.2, 0.25) is 0 Å². The Labute approximate surface area is 77.2 Å². The van der Waals surface area contributed by atoms with Crippen LogP contribution in [0, 0.1) is 5.41 Å². The molecule has 0 saturated carbocycles. The molecule has 0 aromatic carbocycles. The molecule has 0 aromatic rings. The van der Waals surface area contributed by atoms with Crippen LogP contribution in [-0.4, -0.2) is 12.6 Å². The molecule has 0 heterocycles. The maximum absolute atomic E-state index is 3.89. The Bertz CT molecular complexity index is 129. The number of hydrogen-bond acceptors (Lipinski definition) is 1. The van der Waals surface area contributed by atoms with Crippen molar-refractivity contribution < 1.29 is 0 Å². The number of nitrogens with one attached hydrogen (secondary N) is 1. The summed E-state index contributed by atoms with van der Waals surface area (Å²) < 4.78 is 0. The molecule has 0 saturated heterocycles. The summed E-state index contributed by atoms with van der Waals surface area (Å²) in [6.07, 6.45) is 4.52. The zero-order chi connectivity index (χ0) is 9.61.